The summed E-state index contributed by atoms with van der Waals surface area (Å²) < 4.78 is 11.2. The zero-order valence-electron chi connectivity index (χ0n) is 13.2. The second-order valence-electron chi connectivity index (χ2n) is 5.36. The van der Waals surface area contributed by atoms with Crippen molar-refractivity contribution in [1.29, 1.82) is 0 Å². The molecule has 1 aromatic carbocycles. The van der Waals surface area contributed by atoms with E-state index in [4.69, 9.17) is 15.2 Å². The average Bonchev–Trinajstić information content (AvgIpc) is 2.43. The molecule has 1 aromatic rings. The monoisotopic (exact) mass is 280 g/mol. The first-order valence-corrected chi connectivity index (χ1v) is 7.26. The first-order valence-electron chi connectivity index (χ1n) is 7.26. The molecule has 0 saturated carbocycles. The zero-order valence-corrected chi connectivity index (χ0v) is 13.2. The lowest BCUT2D eigenvalue weighted by Gasteiger charge is -2.15. The van der Waals surface area contributed by atoms with Gasteiger partial charge in [-0.3, -0.25) is 0 Å². The minimum atomic E-state index is 0.199. The van der Waals surface area contributed by atoms with Gasteiger partial charge in [-0.05, 0) is 51.1 Å². The van der Waals surface area contributed by atoms with Gasteiger partial charge < -0.3 is 20.1 Å². The Labute approximate surface area is 122 Å². The van der Waals surface area contributed by atoms with Crippen molar-refractivity contribution < 1.29 is 9.47 Å². The van der Waals surface area contributed by atoms with Crippen LogP contribution in [0.15, 0.2) is 18.2 Å². The average molecular weight is 280 g/mol. The quantitative estimate of drug-likeness (QED) is 0.705. The molecule has 0 saturated heterocycles. The molecule has 0 fully saturated rings. The number of nitrogens with zero attached hydrogens (tertiary/aromatic N) is 1. The maximum atomic E-state index is 6.00. The van der Waals surface area contributed by atoms with Crippen LogP contribution < -0.4 is 15.2 Å². The fraction of sp³-hybridized carbons (Fsp3) is 0.625. The molecule has 2 N–H and O–H groups in total. The maximum absolute atomic E-state index is 6.00. The highest BCUT2D eigenvalue weighted by molar-refractivity contribution is 5.43. The van der Waals surface area contributed by atoms with Crippen molar-refractivity contribution in [1.82, 2.24) is 4.90 Å². The summed E-state index contributed by atoms with van der Waals surface area (Å²) in [7, 11) is 5.79. The highest BCUT2D eigenvalue weighted by atomic mass is 16.5. The van der Waals surface area contributed by atoms with Crippen molar-refractivity contribution >= 4 is 0 Å². The van der Waals surface area contributed by atoms with Crippen LogP contribution in [0.5, 0.6) is 11.5 Å². The van der Waals surface area contributed by atoms with Gasteiger partial charge in [-0.15, -0.1) is 0 Å². The summed E-state index contributed by atoms with van der Waals surface area (Å²) in [5.41, 5.74) is 7.20. The number of methoxy groups -OCH3 is 1. The van der Waals surface area contributed by atoms with Crippen molar-refractivity contribution in [2.45, 2.75) is 32.2 Å². The molecule has 0 aliphatic heterocycles. The summed E-state index contributed by atoms with van der Waals surface area (Å²) in [6, 6.07) is 6.26. The predicted molar refractivity (Wildman–Crippen MR) is 83.6 cm³/mol. The number of hydrogen-bond acceptors (Lipinski definition) is 4. The van der Waals surface area contributed by atoms with Gasteiger partial charge in [-0.1, -0.05) is 13.0 Å². The smallest absolute Gasteiger partial charge is 0.161 e. The van der Waals surface area contributed by atoms with E-state index in [2.05, 4.69) is 32.0 Å². The molecule has 1 atom stereocenters. The van der Waals surface area contributed by atoms with Crippen LogP contribution in [0.2, 0.25) is 0 Å². The molecule has 0 aliphatic carbocycles. The Balaban J connectivity index is 2.63. The third kappa shape index (κ3) is 5.80. The van der Waals surface area contributed by atoms with Gasteiger partial charge in [0.1, 0.15) is 0 Å². The standard InChI is InChI=1S/C16H28N2O2/c1-5-14(17)11-13-7-8-15(19-4)16(12-13)20-10-6-9-18(2)3/h7-8,12,14H,5-6,9-11,17H2,1-4H3. The SMILES string of the molecule is CCC(N)Cc1ccc(OC)c(OCCCN(C)C)c1. The molecule has 0 aliphatic rings. The highest BCUT2D eigenvalue weighted by Gasteiger charge is 2.08. The Morgan fingerprint density at radius 3 is 2.60 bits per heavy atom. The molecule has 0 heterocycles. The molecule has 0 radical (unpaired) electrons. The van der Waals surface area contributed by atoms with E-state index >= 15 is 0 Å². The summed E-state index contributed by atoms with van der Waals surface area (Å²) in [6.45, 7) is 3.81. The number of ether oxygens (including phenoxy) is 2. The fourth-order valence-corrected chi connectivity index (χ4v) is 1.97. The van der Waals surface area contributed by atoms with E-state index in [1.165, 1.54) is 5.56 Å². The molecule has 0 bridgehead atoms. The topological polar surface area (TPSA) is 47.7 Å². The Kier molecular flexibility index (Phi) is 7.41. The van der Waals surface area contributed by atoms with Gasteiger partial charge in [-0.2, -0.15) is 0 Å². The summed E-state index contributed by atoms with van der Waals surface area (Å²) in [6.07, 6.45) is 2.84. The van der Waals surface area contributed by atoms with E-state index in [-0.39, 0.29) is 6.04 Å². The summed E-state index contributed by atoms with van der Waals surface area (Å²) in [4.78, 5) is 2.15. The molecule has 1 rings (SSSR count). The molecule has 0 spiro atoms. The number of benzene rings is 1. The number of nitrogens with two attached hydrogens (primary N) is 1. The predicted octanol–water partition coefficient (Wildman–Crippen LogP) is 2.31. The van der Waals surface area contributed by atoms with Crippen LogP contribution >= 0.6 is 0 Å². The van der Waals surface area contributed by atoms with E-state index < -0.39 is 0 Å². The first kappa shape index (κ1) is 16.8. The largest absolute Gasteiger partial charge is 0.493 e. The van der Waals surface area contributed by atoms with Gasteiger partial charge in [0, 0.05) is 12.6 Å². The molecule has 114 valence electrons. The van der Waals surface area contributed by atoms with Gasteiger partial charge in [-0.25, -0.2) is 0 Å². The molecule has 0 aromatic heterocycles. The summed E-state index contributed by atoms with van der Waals surface area (Å²) in [5.74, 6) is 1.59. The van der Waals surface area contributed by atoms with E-state index in [0.717, 1.165) is 37.3 Å². The highest BCUT2D eigenvalue weighted by Crippen LogP contribution is 2.28. The second-order valence-corrected chi connectivity index (χ2v) is 5.36. The van der Waals surface area contributed by atoms with E-state index in [9.17, 15) is 0 Å². The molecule has 4 nitrogen and oxygen atoms in total. The Hall–Kier alpha value is -1.26. The third-order valence-electron chi connectivity index (χ3n) is 3.26. The Morgan fingerprint density at radius 2 is 2.00 bits per heavy atom. The van der Waals surface area contributed by atoms with Gasteiger partial charge in [0.25, 0.3) is 0 Å². The molecule has 1 unspecified atom stereocenters. The molecule has 0 amide bonds. The number of rotatable bonds is 9. The zero-order chi connectivity index (χ0) is 15.0. The fourth-order valence-electron chi connectivity index (χ4n) is 1.97. The second kappa shape index (κ2) is 8.82. The van der Waals surface area contributed by atoms with E-state index in [0.29, 0.717) is 6.61 Å². The van der Waals surface area contributed by atoms with Crippen LogP contribution in [-0.4, -0.2) is 45.3 Å². The van der Waals surface area contributed by atoms with Gasteiger partial charge in [0.15, 0.2) is 11.5 Å². The van der Waals surface area contributed by atoms with Crippen LogP contribution in [0.25, 0.3) is 0 Å². The van der Waals surface area contributed by atoms with Crippen LogP contribution in [-0.2, 0) is 6.42 Å². The lowest BCUT2D eigenvalue weighted by atomic mass is 10.0. The van der Waals surface area contributed by atoms with Crippen molar-refractivity contribution in [3.63, 3.8) is 0 Å². The van der Waals surface area contributed by atoms with E-state index in [1.807, 2.05) is 12.1 Å². The van der Waals surface area contributed by atoms with Crippen molar-refractivity contribution in [3.05, 3.63) is 23.8 Å². The summed E-state index contributed by atoms with van der Waals surface area (Å²) in [5, 5.41) is 0. The van der Waals surface area contributed by atoms with Crippen molar-refractivity contribution in [2.75, 3.05) is 34.4 Å². The van der Waals surface area contributed by atoms with Crippen LogP contribution in [0.4, 0.5) is 0 Å². The van der Waals surface area contributed by atoms with Gasteiger partial charge in [0.05, 0.1) is 13.7 Å². The Bertz CT molecular complexity index is 394. The molecular weight excluding hydrogens is 252 g/mol. The Morgan fingerprint density at radius 1 is 1.25 bits per heavy atom. The van der Waals surface area contributed by atoms with Crippen molar-refractivity contribution in [2.24, 2.45) is 5.73 Å². The van der Waals surface area contributed by atoms with E-state index in [1.54, 1.807) is 7.11 Å². The lowest BCUT2D eigenvalue weighted by Crippen LogP contribution is -2.21. The normalized spacial score (nSPS) is 12.5. The summed E-state index contributed by atoms with van der Waals surface area (Å²) >= 11 is 0. The minimum Gasteiger partial charge on any atom is -0.493 e. The minimum absolute atomic E-state index is 0.199. The van der Waals surface area contributed by atoms with Crippen LogP contribution in [0.3, 0.4) is 0 Å². The van der Waals surface area contributed by atoms with Crippen LogP contribution in [0.1, 0.15) is 25.3 Å². The van der Waals surface area contributed by atoms with Crippen molar-refractivity contribution in [3.8, 4) is 11.5 Å². The molecule has 20 heavy (non-hydrogen) atoms. The van der Waals surface area contributed by atoms with Gasteiger partial charge >= 0.3 is 0 Å². The molecule has 4 heteroatoms. The molecular formula is C16H28N2O2. The number of hydrogen-bond donors (Lipinski definition) is 1. The first-order chi connectivity index (χ1) is 9.56. The maximum Gasteiger partial charge on any atom is 0.161 e. The lowest BCUT2D eigenvalue weighted by molar-refractivity contribution is 0.268. The van der Waals surface area contributed by atoms with Crippen LogP contribution in [0, 0.1) is 0 Å². The third-order valence-corrected chi connectivity index (χ3v) is 3.26. The van der Waals surface area contributed by atoms with Gasteiger partial charge in [0.2, 0.25) is 0 Å².